The van der Waals surface area contributed by atoms with Gasteiger partial charge >= 0.3 is 0 Å². The first-order chi connectivity index (χ1) is 9.71. The summed E-state index contributed by atoms with van der Waals surface area (Å²) >= 11 is 7.93. The summed E-state index contributed by atoms with van der Waals surface area (Å²) < 4.78 is 12.1. The average molecular weight is 315 g/mol. The molecule has 0 spiro atoms. The molecule has 0 fully saturated rings. The molecule has 0 aliphatic carbocycles. The molecule has 0 radical (unpaired) electrons. The van der Waals surface area contributed by atoms with Gasteiger partial charge in [0.1, 0.15) is 22.0 Å². The van der Waals surface area contributed by atoms with Crippen molar-refractivity contribution in [3.05, 3.63) is 11.1 Å². The standard InChI is InChI=1S/C14H19ClN2O2S/c1-4-7-16-14-17-12-10(19-6-3)8-9(18-5-2)11(15)13(12)20-14/h8H,4-7H2,1-3H3,(H,16,17). The van der Waals surface area contributed by atoms with Crippen molar-refractivity contribution in [1.82, 2.24) is 4.98 Å². The topological polar surface area (TPSA) is 43.4 Å². The number of aromatic nitrogens is 1. The maximum Gasteiger partial charge on any atom is 0.183 e. The number of nitrogens with zero attached hydrogens (tertiary/aromatic N) is 1. The van der Waals surface area contributed by atoms with E-state index in [0.29, 0.717) is 24.0 Å². The molecule has 0 amide bonds. The molecule has 2 aromatic rings. The van der Waals surface area contributed by atoms with Crippen molar-refractivity contribution < 1.29 is 9.47 Å². The summed E-state index contributed by atoms with van der Waals surface area (Å²) in [5.74, 6) is 1.37. The molecule has 20 heavy (non-hydrogen) atoms. The van der Waals surface area contributed by atoms with Crippen LogP contribution >= 0.6 is 22.9 Å². The molecule has 1 N–H and O–H groups in total. The minimum Gasteiger partial charge on any atom is -0.492 e. The lowest BCUT2D eigenvalue weighted by atomic mass is 10.3. The summed E-state index contributed by atoms with van der Waals surface area (Å²) in [7, 11) is 0. The first-order valence-electron chi connectivity index (χ1n) is 6.83. The quantitative estimate of drug-likeness (QED) is 0.813. The first kappa shape index (κ1) is 15.2. The van der Waals surface area contributed by atoms with Gasteiger partial charge in [-0.25, -0.2) is 4.98 Å². The number of rotatable bonds is 7. The molecular weight excluding hydrogens is 296 g/mol. The smallest absolute Gasteiger partial charge is 0.183 e. The highest BCUT2D eigenvalue weighted by molar-refractivity contribution is 7.22. The summed E-state index contributed by atoms with van der Waals surface area (Å²) in [5.41, 5.74) is 0.795. The molecule has 1 heterocycles. The van der Waals surface area contributed by atoms with Crippen LogP contribution < -0.4 is 14.8 Å². The van der Waals surface area contributed by atoms with E-state index < -0.39 is 0 Å². The van der Waals surface area contributed by atoms with Gasteiger partial charge in [-0.05, 0) is 20.3 Å². The zero-order valence-electron chi connectivity index (χ0n) is 12.0. The van der Waals surface area contributed by atoms with Gasteiger partial charge in [0.2, 0.25) is 0 Å². The molecule has 1 aromatic heterocycles. The first-order valence-corrected chi connectivity index (χ1v) is 8.03. The van der Waals surface area contributed by atoms with Crippen LogP contribution in [-0.2, 0) is 0 Å². The van der Waals surface area contributed by atoms with Gasteiger partial charge in [0.05, 0.1) is 17.9 Å². The van der Waals surface area contributed by atoms with Crippen molar-refractivity contribution in [1.29, 1.82) is 0 Å². The van der Waals surface area contributed by atoms with Crippen LogP contribution in [0.5, 0.6) is 11.5 Å². The number of benzene rings is 1. The Kier molecular flexibility index (Phi) is 5.31. The number of anilines is 1. The maximum absolute atomic E-state index is 6.40. The molecule has 2 rings (SSSR count). The minimum absolute atomic E-state index is 0.566. The molecule has 4 nitrogen and oxygen atoms in total. The van der Waals surface area contributed by atoms with Crippen molar-refractivity contribution in [3.63, 3.8) is 0 Å². The molecule has 0 saturated carbocycles. The van der Waals surface area contributed by atoms with E-state index in [1.54, 1.807) is 0 Å². The third kappa shape index (κ3) is 3.10. The van der Waals surface area contributed by atoms with E-state index in [1.807, 2.05) is 19.9 Å². The molecule has 0 bridgehead atoms. The normalized spacial score (nSPS) is 10.8. The largest absolute Gasteiger partial charge is 0.492 e. The van der Waals surface area contributed by atoms with Crippen molar-refractivity contribution >= 4 is 38.3 Å². The van der Waals surface area contributed by atoms with Gasteiger partial charge in [-0.15, -0.1) is 0 Å². The fraction of sp³-hybridized carbons (Fsp3) is 0.500. The molecule has 0 aliphatic rings. The molecule has 0 saturated heterocycles. The summed E-state index contributed by atoms with van der Waals surface area (Å²) in [6, 6.07) is 1.82. The third-order valence-electron chi connectivity index (χ3n) is 2.66. The number of ether oxygens (including phenoxy) is 2. The zero-order valence-corrected chi connectivity index (χ0v) is 13.5. The highest BCUT2D eigenvalue weighted by Gasteiger charge is 2.17. The highest BCUT2D eigenvalue weighted by atomic mass is 35.5. The lowest BCUT2D eigenvalue weighted by molar-refractivity contribution is 0.326. The summed E-state index contributed by atoms with van der Waals surface area (Å²) in [6.07, 6.45) is 1.05. The van der Waals surface area contributed by atoms with Gasteiger partial charge in [-0.1, -0.05) is 29.9 Å². The van der Waals surface area contributed by atoms with Crippen molar-refractivity contribution in [2.24, 2.45) is 0 Å². The van der Waals surface area contributed by atoms with Gasteiger partial charge in [-0.2, -0.15) is 0 Å². The van der Waals surface area contributed by atoms with Crippen molar-refractivity contribution in [2.75, 3.05) is 25.1 Å². The fourth-order valence-corrected chi connectivity index (χ4v) is 3.08. The lowest BCUT2D eigenvalue weighted by Gasteiger charge is -2.10. The van der Waals surface area contributed by atoms with E-state index >= 15 is 0 Å². The van der Waals surface area contributed by atoms with Crippen LogP contribution in [0.3, 0.4) is 0 Å². The Morgan fingerprint density at radius 1 is 1.20 bits per heavy atom. The predicted molar refractivity (Wildman–Crippen MR) is 85.7 cm³/mol. The predicted octanol–water partition coefficient (Wildman–Crippen LogP) is 4.57. The molecule has 110 valence electrons. The van der Waals surface area contributed by atoms with Crippen LogP contribution in [0.4, 0.5) is 5.13 Å². The SMILES string of the molecule is CCCNc1nc2c(OCC)cc(OCC)c(Cl)c2s1. The Morgan fingerprint density at radius 3 is 2.55 bits per heavy atom. The van der Waals surface area contributed by atoms with E-state index in [2.05, 4.69) is 17.2 Å². The number of thiazole rings is 1. The Morgan fingerprint density at radius 2 is 1.90 bits per heavy atom. The van der Waals surface area contributed by atoms with E-state index in [-0.39, 0.29) is 0 Å². The van der Waals surface area contributed by atoms with Gasteiger partial charge in [0.25, 0.3) is 0 Å². The average Bonchev–Trinajstić information content (AvgIpc) is 2.87. The number of hydrogen-bond donors (Lipinski definition) is 1. The third-order valence-corrected chi connectivity index (χ3v) is 4.18. The Labute approximate surface area is 128 Å². The minimum atomic E-state index is 0.566. The maximum atomic E-state index is 6.40. The highest BCUT2D eigenvalue weighted by Crippen LogP contribution is 2.43. The number of halogens is 1. The molecule has 0 aliphatic heterocycles. The van der Waals surface area contributed by atoms with Crippen LogP contribution in [0.2, 0.25) is 5.02 Å². The Hall–Kier alpha value is -1.20. The van der Waals surface area contributed by atoms with E-state index in [4.69, 9.17) is 21.1 Å². The molecule has 0 unspecified atom stereocenters. The molecule has 6 heteroatoms. The summed E-state index contributed by atoms with van der Waals surface area (Å²) in [4.78, 5) is 4.57. The van der Waals surface area contributed by atoms with Crippen LogP contribution in [-0.4, -0.2) is 24.7 Å². The van der Waals surface area contributed by atoms with Gasteiger partial charge < -0.3 is 14.8 Å². The molecule has 0 atom stereocenters. The van der Waals surface area contributed by atoms with Gasteiger partial charge in [0.15, 0.2) is 5.13 Å². The second-order valence-electron chi connectivity index (χ2n) is 4.18. The summed E-state index contributed by atoms with van der Waals surface area (Å²) in [6.45, 7) is 8.03. The number of nitrogens with one attached hydrogen (secondary N) is 1. The fourth-order valence-electron chi connectivity index (χ4n) is 1.83. The molecular formula is C14H19ClN2O2S. The number of fused-ring (bicyclic) bond motifs is 1. The second-order valence-corrected chi connectivity index (χ2v) is 5.55. The van der Waals surface area contributed by atoms with Crippen LogP contribution in [0.1, 0.15) is 27.2 Å². The van der Waals surface area contributed by atoms with E-state index in [0.717, 1.165) is 34.1 Å². The second kappa shape index (κ2) is 6.99. The van der Waals surface area contributed by atoms with Crippen LogP contribution in [0, 0.1) is 0 Å². The van der Waals surface area contributed by atoms with E-state index in [9.17, 15) is 0 Å². The van der Waals surface area contributed by atoms with Crippen molar-refractivity contribution in [3.8, 4) is 11.5 Å². The van der Waals surface area contributed by atoms with Gasteiger partial charge in [0, 0.05) is 12.6 Å². The van der Waals surface area contributed by atoms with Gasteiger partial charge in [-0.3, -0.25) is 0 Å². The summed E-state index contributed by atoms with van der Waals surface area (Å²) in [5, 5.41) is 4.75. The van der Waals surface area contributed by atoms with Crippen molar-refractivity contribution in [2.45, 2.75) is 27.2 Å². The van der Waals surface area contributed by atoms with Crippen LogP contribution in [0.25, 0.3) is 10.2 Å². The van der Waals surface area contributed by atoms with E-state index in [1.165, 1.54) is 11.3 Å². The number of hydrogen-bond acceptors (Lipinski definition) is 5. The Balaban J connectivity index is 2.50. The van der Waals surface area contributed by atoms with Crippen LogP contribution in [0.15, 0.2) is 6.07 Å². The lowest BCUT2D eigenvalue weighted by Crippen LogP contribution is -1.99. The molecule has 1 aromatic carbocycles. The monoisotopic (exact) mass is 314 g/mol. The Bertz CT molecular complexity index is 586. The zero-order chi connectivity index (χ0) is 14.5.